The maximum absolute atomic E-state index is 11.1. The number of para-hydroxylation sites is 1. The molecule has 1 aromatic rings. The van der Waals surface area contributed by atoms with Crippen molar-refractivity contribution in [2.45, 2.75) is 6.42 Å². The number of nitrogen functional groups attached to an aromatic ring is 1. The number of nitrogens with two attached hydrogens (primary N) is 1. The van der Waals surface area contributed by atoms with E-state index in [1.165, 1.54) is 0 Å². The summed E-state index contributed by atoms with van der Waals surface area (Å²) in [4.78, 5) is 12.9. The van der Waals surface area contributed by atoms with Crippen LogP contribution >= 0.6 is 0 Å². The van der Waals surface area contributed by atoms with E-state index in [4.69, 9.17) is 15.6 Å². The fraction of sp³-hybridized carbons (Fsp3) is 0.417. The third kappa shape index (κ3) is 3.35. The van der Waals surface area contributed by atoms with E-state index in [0.717, 1.165) is 6.42 Å². The van der Waals surface area contributed by atoms with Crippen LogP contribution in [-0.4, -0.2) is 38.4 Å². The molecule has 5 nitrogen and oxygen atoms in total. The van der Waals surface area contributed by atoms with Gasteiger partial charge in [-0.25, -0.2) is 4.79 Å². The second-order valence-electron chi connectivity index (χ2n) is 3.82. The highest BCUT2D eigenvalue weighted by atomic mass is 16.5. The van der Waals surface area contributed by atoms with Crippen LogP contribution in [0.25, 0.3) is 0 Å². The number of carbonyl (C=O) groups is 1. The van der Waals surface area contributed by atoms with Gasteiger partial charge in [-0.15, -0.1) is 0 Å². The lowest BCUT2D eigenvalue weighted by molar-refractivity contribution is 0.0697. The number of anilines is 2. The fourth-order valence-corrected chi connectivity index (χ4v) is 1.72. The minimum atomic E-state index is -0.967. The molecule has 0 radical (unpaired) electrons. The number of hydrogen-bond acceptors (Lipinski definition) is 4. The number of rotatable bonds is 6. The first-order valence-electron chi connectivity index (χ1n) is 5.39. The second kappa shape index (κ2) is 6.10. The van der Waals surface area contributed by atoms with E-state index in [9.17, 15) is 4.79 Å². The smallest absolute Gasteiger partial charge is 0.337 e. The lowest BCUT2D eigenvalue weighted by Gasteiger charge is -2.22. The van der Waals surface area contributed by atoms with E-state index < -0.39 is 5.97 Å². The van der Waals surface area contributed by atoms with Crippen LogP contribution in [-0.2, 0) is 4.74 Å². The van der Waals surface area contributed by atoms with Gasteiger partial charge < -0.3 is 20.5 Å². The zero-order valence-electron chi connectivity index (χ0n) is 10.1. The molecular formula is C12H18N2O3. The summed E-state index contributed by atoms with van der Waals surface area (Å²) < 4.78 is 4.96. The van der Waals surface area contributed by atoms with Crippen molar-refractivity contribution in [3.63, 3.8) is 0 Å². The summed E-state index contributed by atoms with van der Waals surface area (Å²) >= 11 is 0. The zero-order valence-corrected chi connectivity index (χ0v) is 10.1. The van der Waals surface area contributed by atoms with Gasteiger partial charge in [0.15, 0.2) is 0 Å². The molecule has 0 amide bonds. The van der Waals surface area contributed by atoms with Crippen molar-refractivity contribution in [2.75, 3.05) is 37.9 Å². The Hall–Kier alpha value is -1.75. The average molecular weight is 238 g/mol. The van der Waals surface area contributed by atoms with Crippen molar-refractivity contribution in [3.05, 3.63) is 23.8 Å². The molecular weight excluding hydrogens is 220 g/mol. The Labute approximate surface area is 101 Å². The monoisotopic (exact) mass is 238 g/mol. The van der Waals surface area contributed by atoms with Gasteiger partial charge in [0.1, 0.15) is 0 Å². The van der Waals surface area contributed by atoms with Crippen LogP contribution in [0.15, 0.2) is 18.2 Å². The van der Waals surface area contributed by atoms with Crippen LogP contribution in [0.3, 0.4) is 0 Å². The number of aromatic carboxylic acids is 1. The Morgan fingerprint density at radius 3 is 2.82 bits per heavy atom. The van der Waals surface area contributed by atoms with E-state index in [1.807, 2.05) is 11.9 Å². The standard InChI is InChI=1S/C12H18N2O3/c1-14(7-4-8-17-2)11-9(12(15)16)5-3-6-10(11)13/h3,5-6H,4,7-8,13H2,1-2H3,(H,15,16). The molecule has 94 valence electrons. The molecule has 5 heteroatoms. The van der Waals surface area contributed by atoms with Gasteiger partial charge in [-0.1, -0.05) is 6.07 Å². The van der Waals surface area contributed by atoms with E-state index >= 15 is 0 Å². The SMILES string of the molecule is COCCCN(C)c1c(N)cccc1C(=O)O. The van der Waals surface area contributed by atoms with Crippen molar-refractivity contribution in [2.24, 2.45) is 0 Å². The summed E-state index contributed by atoms with van der Waals surface area (Å²) in [6.45, 7) is 1.34. The summed E-state index contributed by atoms with van der Waals surface area (Å²) in [5.74, 6) is -0.967. The number of hydrogen-bond donors (Lipinski definition) is 2. The molecule has 17 heavy (non-hydrogen) atoms. The number of methoxy groups -OCH3 is 1. The minimum Gasteiger partial charge on any atom is -0.478 e. The van der Waals surface area contributed by atoms with Gasteiger partial charge in [0.25, 0.3) is 0 Å². The molecule has 1 aromatic carbocycles. The maximum atomic E-state index is 11.1. The number of ether oxygens (including phenoxy) is 1. The number of nitrogens with zero attached hydrogens (tertiary/aromatic N) is 1. The summed E-state index contributed by atoms with van der Waals surface area (Å²) in [5.41, 5.74) is 7.10. The second-order valence-corrected chi connectivity index (χ2v) is 3.82. The first kappa shape index (κ1) is 13.3. The predicted octanol–water partition coefficient (Wildman–Crippen LogP) is 1.44. The Bertz CT molecular complexity index is 393. The molecule has 0 aliphatic heterocycles. The molecule has 0 aliphatic rings. The highest BCUT2D eigenvalue weighted by molar-refractivity contribution is 5.97. The maximum Gasteiger partial charge on any atom is 0.337 e. The van der Waals surface area contributed by atoms with Crippen molar-refractivity contribution in [1.82, 2.24) is 0 Å². The zero-order chi connectivity index (χ0) is 12.8. The van der Waals surface area contributed by atoms with Crippen LogP contribution < -0.4 is 10.6 Å². The van der Waals surface area contributed by atoms with Gasteiger partial charge in [0.05, 0.1) is 16.9 Å². The summed E-state index contributed by atoms with van der Waals surface area (Å²) in [7, 11) is 3.47. The van der Waals surface area contributed by atoms with Crippen molar-refractivity contribution in [3.8, 4) is 0 Å². The summed E-state index contributed by atoms with van der Waals surface area (Å²) in [6, 6.07) is 4.90. The molecule has 3 N–H and O–H groups in total. The normalized spacial score (nSPS) is 10.2. The average Bonchev–Trinajstić information content (AvgIpc) is 2.28. The Morgan fingerprint density at radius 1 is 1.53 bits per heavy atom. The van der Waals surface area contributed by atoms with Gasteiger partial charge in [-0.05, 0) is 18.6 Å². The van der Waals surface area contributed by atoms with E-state index in [2.05, 4.69) is 0 Å². The molecule has 0 spiro atoms. The van der Waals surface area contributed by atoms with Gasteiger partial charge in [0.2, 0.25) is 0 Å². The van der Waals surface area contributed by atoms with Gasteiger partial charge in [-0.2, -0.15) is 0 Å². The Morgan fingerprint density at radius 2 is 2.24 bits per heavy atom. The predicted molar refractivity (Wildman–Crippen MR) is 67.6 cm³/mol. The molecule has 0 heterocycles. The molecule has 0 saturated heterocycles. The van der Waals surface area contributed by atoms with Crippen molar-refractivity contribution < 1.29 is 14.6 Å². The minimum absolute atomic E-state index is 0.227. The van der Waals surface area contributed by atoms with Gasteiger partial charge >= 0.3 is 5.97 Å². The van der Waals surface area contributed by atoms with Crippen molar-refractivity contribution in [1.29, 1.82) is 0 Å². The van der Waals surface area contributed by atoms with Gasteiger partial charge in [0, 0.05) is 27.3 Å². The third-order valence-electron chi connectivity index (χ3n) is 2.52. The Kier molecular flexibility index (Phi) is 4.78. The van der Waals surface area contributed by atoms with E-state index in [0.29, 0.717) is 24.5 Å². The van der Waals surface area contributed by atoms with Crippen LogP contribution in [0, 0.1) is 0 Å². The first-order chi connectivity index (χ1) is 8.07. The fourth-order valence-electron chi connectivity index (χ4n) is 1.72. The van der Waals surface area contributed by atoms with E-state index in [-0.39, 0.29) is 5.56 Å². The number of carboxylic acids is 1. The molecule has 1 rings (SSSR count). The summed E-state index contributed by atoms with van der Waals surface area (Å²) in [6.07, 6.45) is 0.820. The number of benzene rings is 1. The largest absolute Gasteiger partial charge is 0.478 e. The summed E-state index contributed by atoms with van der Waals surface area (Å²) in [5, 5.41) is 9.10. The van der Waals surface area contributed by atoms with Crippen LogP contribution in [0.5, 0.6) is 0 Å². The number of carboxylic acid groups (broad SMARTS) is 1. The first-order valence-corrected chi connectivity index (χ1v) is 5.39. The third-order valence-corrected chi connectivity index (χ3v) is 2.52. The van der Waals surface area contributed by atoms with Crippen molar-refractivity contribution >= 4 is 17.3 Å². The van der Waals surface area contributed by atoms with Crippen LogP contribution in [0.4, 0.5) is 11.4 Å². The highest BCUT2D eigenvalue weighted by Gasteiger charge is 2.15. The molecule has 0 saturated carbocycles. The molecule has 0 fully saturated rings. The topological polar surface area (TPSA) is 75.8 Å². The molecule has 0 bridgehead atoms. The molecule has 0 unspecified atom stereocenters. The van der Waals surface area contributed by atoms with Gasteiger partial charge in [-0.3, -0.25) is 0 Å². The van der Waals surface area contributed by atoms with E-state index in [1.54, 1.807) is 25.3 Å². The van der Waals surface area contributed by atoms with Crippen LogP contribution in [0.2, 0.25) is 0 Å². The molecule has 0 aliphatic carbocycles. The Balaban J connectivity index is 2.90. The highest BCUT2D eigenvalue weighted by Crippen LogP contribution is 2.27. The lowest BCUT2D eigenvalue weighted by Crippen LogP contribution is -2.23. The molecule has 0 aromatic heterocycles. The quantitative estimate of drug-likeness (QED) is 0.579. The molecule has 0 atom stereocenters. The van der Waals surface area contributed by atoms with Crippen LogP contribution in [0.1, 0.15) is 16.8 Å². The lowest BCUT2D eigenvalue weighted by atomic mass is 10.1.